The van der Waals surface area contributed by atoms with Crippen LogP contribution >= 0.6 is 11.8 Å². The third-order valence-corrected chi connectivity index (χ3v) is 7.86. The predicted molar refractivity (Wildman–Crippen MR) is 158 cm³/mol. The van der Waals surface area contributed by atoms with E-state index in [4.69, 9.17) is 14.2 Å². The summed E-state index contributed by atoms with van der Waals surface area (Å²) in [6, 6.07) is 24.0. The van der Waals surface area contributed by atoms with E-state index in [1.807, 2.05) is 66.7 Å². The quantitative estimate of drug-likeness (QED) is 0.190. The van der Waals surface area contributed by atoms with Gasteiger partial charge in [0.2, 0.25) is 0 Å². The van der Waals surface area contributed by atoms with E-state index in [0.29, 0.717) is 12.3 Å². The maximum atomic E-state index is 11.8. The SMILES string of the molecule is C=CCOC(=O)NCc1cccc(-c2cccc(C3OC(CSCCO)C(C)C(c4ccc(CO)cc4)O3)c2)c1. The molecule has 1 amide bonds. The molecule has 1 saturated heterocycles. The molecule has 1 aliphatic heterocycles. The highest BCUT2D eigenvalue weighted by molar-refractivity contribution is 7.99. The van der Waals surface area contributed by atoms with Gasteiger partial charge in [0.25, 0.3) is 0 Å². The molecule has 212 valence electrons. The highest BCUT2D eigenvalue weighted by atomic mass is 32.2. The molecule has 0 saturated carbocycles. The van der Waals surface area contributed by atoms with Gasteiger partial charge in [-0.2, -0.15) is 11.8 Å². The first-order valence-electron chi connectivity index (χ1n) is 13.4. The van der Waals surface area contributed by atoms with Gasteiger partial charge in [-0.25, -0.2) is 4.79 Å². The monoisotopic (exact) mass is 563 g/mol. The zero-order valence-electron chi connectivity index (χ0n) is 22.7. The van der Waals surface area contributed by atoms with Crippen molar-refractivity contribution >= 4 is 17.9 Å². The van der Waals surface area contributed by atoms with Crippen molar-refractivity contribution in [2.24, 2.45) is 5.92 Å². The predicted octanol–water partition coefficient (Wildman–Crippen LogP) is 5.78. The molecule has 1 heterocycles. The van der Waals surface area contributed by atoms with Crippen molar-refractivity contribution in [1.82, 2.24) is 5.32 Å². The molecule has 0 bridgehead atoms. The number of aliphatic hydroxyl groups excluding tert-OH is 2. The first-order chi connectivity index (χ1) is 19.5. The van der Waals surface area contributed by atoms with Crippen molar-refractivity contribution in [3.63, 3.8) is 0 Å². The smallest absolute Gasteiger partial charge is 0.407 e. The Hall–Kier alpha value is -3.14. The molecule has 1 aliphatic rings. The highest BCUT2D eigenvalue weighted by Gasteiger charge is 2.38. The summed E-state index contributed by atoms with van der Waals surface area (Å²) in [5, 5.41) is 21.5. The van der Waals surface area contributed by atoms with Gasteiger partial charge in [-0.05, 0) is 39.9 Å². The van der Waals surface area contributed by atoms with Gasteiger partial charge >= 0.3 is 6.09 Å². The van der Waals surface area contributed by atoms with Crippen LogP contribution in [0.15, 0.2) is 85.5 Å². The number of alkyl carbamates (subject to hydrolysis) is 1. The number of rotatable bonds is 12. The molecule has 0 aliphatic carbocycles. The third kappa shape index (κ3) is 7.96. The number of benzene rings is 3. The van der Waals surface area contributed by atoms with Crippen LogP contribution in [0.25, 0.3) is 11.1 Å². The average Bonchev–Trinajstić information content (AvgIpc) is 3.00. The Morgan fingerprint density at radius 3 is 2.48 bits per heavy atom. The van der Waals surface area contributed by atoms with E-state index in [0.717, 1.165) is 39.1 Å². The van der Waals surface area contributed by atoms with Crippen molar-refractivity contribution in [2.45, 2.75) is 38.6 Å². The fourth-order valence-corrected chi connectivity index (χ4v) is 5.57. The molecule has 0 radical (unpaired) electrons. The minimum Gasteiger partial charge on any atom is -0.445 e. The van der Waals surface area contributed by atoms with E-state index in [2.05, 4.69) is 24.9 Å². The number of nitrogens with one attached hydrogen (secondary N) is 1. The van der Waals surface area contributed by atoms with Crippen LogP contribution in [-0.2, 0) is 27.4 Å². The molecule has 3 aromatic rings. The van der Waals surface area contributed by atoms with E-state index in [1.165, 1.54) is 6.08 Å². The number of aliphatic hydroxyl groups is 2. The number of carbonyl (C=O) groups excluding carboxylic acids is 1. The molecular formula is C32H37NO6S. The van der Waals surface area contributed by atoms with Crippen LogP contribution in [0.1, 0.15) is 41.6 Å². The Bertz CT molecular complexity index is 1250. The molecule has 4 unspecified atom stereocenters. The molecule has 1 fully saturated rings. The lowest BCUT2D eigenvalue weighted by Gasteiger charge is -2.41. The van der Waals surface area contributed by atoms with Gasteiger partial charge in [-0.1, -0.05) is 80.2 Å². The van der Waals surface area contributed by atoms with Crippen molar-refractivity contribution in [3.8, 4) is 11.1 Å². The van der Waals surface area contributed by atoms with E-state index >= 15 is 0 Å². The topological polar surface area (TPSA) is 97.3 Å². The molecule has 8 heteroatoms. The zero-order valence-corrected chi connectivity index (χ0v) is 23.5. The summed E-state index contributed by atoms with van der Waals surface area (Å²) in [4.78, 5) is 11.8. The Labute approximate surface area is 240 Å². The van der Waals surface area contributed by atoms with Crippen molar-refractivity contribution < 1.29 is 29.2 Å². The summed E-state index contributed by atoms with van der Waals surface area (Å²) in [5.74, 6) is 1.49. The van der Waals surface area contributed by atoms with Crippen LogP contribution in [0.3, 0.4) is 0 Å². The summed E-state index contributed by atoms with van der Waals surface area (Å²) in [7, 11) is 0. The van der Waals surface area contributed by atoms with Crippen LogP contribution in [0.2, 0.25) is 0 Å². The van der Waals surface area contributed by atoms with Crippen LogP contribution in [0, 0.1) is 5.92 Å². The van der Waals surface area contributed by atoms with Crippen molar-refractivity contribution in [1.29, 1.82) is 0 Å². The lowest BCUT2D eigenvalue weighted by molar-refractivity contribution is -0.268. The van der Waals surface area contributed by atoms with Crippen molar-refractivity contribution in [3.05, 3.63) is 108 Å². The molecule has 4 atom stereocenters. The molecule has 40 heavy (non-hydrogen) atoms. The number of hydrogen-bond acceptors (Lipinski definition) is 7. The van der Waals surface area contributed by atoms with Gasteiger partial charge in [0.15, 0.2) is 6.29 Å². The Balaban J connectivity index is 1.54. The van der Waals surface area contributed by atoms with Crippen LogP contribution in [0.5, 0.6) is 0 Å². The fraction of sp³-hybridized carbons (Fsp3) is 0.344. The van der Waals surface area contributed by atoms with Gasteiger partial charge in [0, 0.05) is 29.5 Å². The maximum Gasteiger partial charge on any atom is 0.407 e. The normalized spacial score (nSPS) is 20.6. The molecular weight excluding hydrogens is 526 g/mol. The van der Waals surface area contributed by atoms with Crippen LogP contribution < -0.4 is 5.32 Å². The molecule has 0 aromatic heterocycles. The van der Waals surface area contributed by atoms with Crippen LogP contribution in [-0.4, -0.2) is 47.1 Å². The molecule has 3 aromatic carbocycles. The summed E-state index contributed by atoms with van der Waals surface area (Å²) in [6.45, 7) is 6.32. The third-order valence-electron chi connectivity index (χ3n) is 6.83. The largest absolute Gasteiger partial charge is 0.445 e. The lowest BCUT2D eigenvalue weighted by atomic mass is 9.91. The molecule has 3 N–H and O–H groups in total. The van der Waals surface area contributed by atoms with Gasteiger partial charge in [-0.3, -0.25) is 0 Å². The number of amides is 1. The lowest BCUT2D eigenvalue weighted by Crippen LogP contribution is -2.38. The zero-order chi connectivity index (χ0) is 28.3. The number of thioether (sulfide) groups is 1. The number of ether oxygens (including phenoxy) is 3. The second-order valence-electron chi connectivity index (χ2n) is 9.69. The average molecular weight is 564 g/mol. The summed E-state index contributed by atoms with van der Waals surface area (Å²) < 4.78 is 18.1. The van der Waals surface area contributed by atoms with Crippen LogP contribution in [0.4, 0.5) is 4.79 Å². The van der Waals surface area contributed by atoms with Gasteiger partial charge in [0.05, 0.1) is 25.4 Å². The van der Waals surface area contributed by atoms with E-state index in [9.17, 15) is 15.0 Å². The van der Waals surface area contributed by atoms with Crippen molar-refractivity contribution in [2.75, 3.05) is 24.7 Å². The van der Waals surface area contributed by atoms with Gasteiger partial charge in [-0.15, -0.1) is 0 Å². The number of carbonyl (C=O) groups is 1. The first kappa shape index (κ1) is 29.8. The Morgan fingerprint density at radius 1 is 1.00 bits per heavy atom. The van der Waals surface area contributed by atoms with E-state index < -0.39 is 12.4 Å². The Morgan fingerprint density at radius 2 is 1.75 bits per heavy atom. The second-order valence-corrected chi connectivity index (χ2v) is 10.8. The highest BCUT2D eigenvalue weighted by Crippen LogP contribution is 2.43. The standard InChI is InChI=1S/C32H37NO6S/c1-3-15-37-32(36)33-19-24-6-4-7-26(17-24)27-8-5-9-28(18-27)31-38-29(21-40-16-14-34)22(2)30(39-31)25-12-10-23(20-35)11-13-25/h3-13,17-18,22,29-31,34-35H,1,14-16,19-21H2,2H3,(H,33,36). The Kier molecular flexibility index (Phi) is 11.2. The number of hydrogen-bond donors (Lipinski definition) is 3. The van der Waals surface area contributed by atoms with Gasteiger partial charge < -0.3 is 29.7 Å². The molecule has 7 nitrogen and oxygen atoms in total. The van der Waals surface area contributed by atoms with E-state index in [1.54, 1.807) is 11.8 Å². The summed E-state index contributed by atoms with van der Waals surface area (Å²) >= 11 is 1.67. The summed E-state index contributed by atoms with van der Waals surface area (Å²) in [5.41, 5.74) is 5.78. The van der Waals surface area contributed by atoms with E-state index in [-0.39, 0.29) is 37.9 Å². The minimum absolute atomic E-state index is 0.00301. The first-order valence-corrected chi connectivity index (χ1v) is 14.6. The van der Waals surface area contributed by atoms with Gasteiger partial charge in [0.1, 0.15) is 6.61 Å². The molecule has 0 spiro atoms. The molecule has 4 rings (SSSR count). The second kappa shape index (κ2) is 15.0. The minimum atomic E-state index is -0.567. The maximum absolute atomic E-state index is 11.8. The summed E-state index contributed by atoms with van der Waals surface area (Å²) in [6.07, 6.45) is 0.212. The fourth-order valence-electron chi connectivity index (χ4n) is 4.66.